The van der Waals surface area contributed by atoms with E-state index in [1.165, 1.54) is 0 Å². The van der Waals surface area contributed by atoms with Crippen LogP contribution in [0.1, 0.15) is 21.6 Å². The number of aldehydes is 1. The van der Waals surface area contributed by atoms with Gasteiger partial charge in [0.25, 0.3) is 0 Å². The minimum Gasteiger partial charge on any atom is -0.312 e. The van der Waals surface area contributed by atoms with Crippen LogP contribution in [0.2, 0.25) is 0 Å². The molecule has 0 aliphatic heterocycles. The number of nitrogens with zero attached hydrogens (tertiary/aromatic N) is 3. The van der Waals surface area contributed by atoms with Crippen LogP contribution in [0.5, 0.6) is 0 Å². The summed E-state index contributed by atoms with van der Waals surface area (Å²) in [5, 5.41) is 8.85. The first-order valence-electron chi connectivity index (χ1n) is 6.17. The van der Waals surface area contributed by atoms with Gasteiger partial charge in [-0.05, 0) is 43.3 Å². The molecule has 4 nitrogen and oxygen atoms in total. The highest BCUT2D eigenvalue weighted by molar-refractivity contribution is 5.86. The lowest BCUT2D eigenvalue weighted by Crippen LogP contribution is -1.97. The highest BCUT2D eigenvalue weighted by atomic mass is 16.1. The van der Waals surface area contributed by atoms with E-state index in [0.29, 0.717) is 11.1 Å². The molecular weight excluding hydrogens is 250 g/mol. The Labute approximate surface area is 115 Å². The maximum atomic E-state index is 10.9. The summed E-state index contributed by atoms with van der Waals surface area (Å²) in [5.41, 5.74) is 4.87. The molecular formula is C16H11N3O. The van der Waals surface area contributed by atoms with Crippen molar-refractivity contribution in [2.45, 2.75) is 6.92 Å². The van der Waals surface area contributed by atoms with Gasteiger partial charge in [0.1, 0.15) is 0 Å². The lowest BCUT2D eigenvalue weighted by atomic mass is 10.2. The number of hydrogen-bond donors (Lipinski definition) is 0. The predicted molar refractivity (Wildman–Crippen MR) is 75.9 cm³/mol. The van der Waals surface area contributed by atoms with Crippen molar-refractivity contribution in [3.8, 4) is 11.8 Å². The van der Waals surface area contributed by atoms with Gasteiger partial charge in [0.15, 0.2) is 6.29 Å². The molecule has 2 aromatic heterocycles. The Morgan fingerprint density at radius 1 is 1.25 bits per heavy atom. The van der Waals surface area contributed by atoms with Crippen molar-refractivity contribution in [3.63, 3.8) is 0 Å². The molecule has 20 heavy (non-hydrogen) atoms. The molecule has 1 aromatic carbocycles. The molecule has 0 atom stereocenters. The van der Waals surface area contributed by atoms with Crippen LogP contribution >= 0.6 is 0 Å². The summed E-state index contributed by atoms with van der Waals surface area (Å²) in [6.45, 7) is 1.99. The second-order valence-electron chi connectivity index (χ2n) is 4.57. The zero-order valence-electron chi connectivity index (χ0n) is 10.9. The van der Waals surface area contributed by atoms with E-state index in [2.05, 4.69) is 11.1 Å². The fraction of sp³-hybridized carbons (Fsp3) is 0.0625. The molecule has 0 saturated heterocycles. The van der Waals surface area contributed by atoms with Crippen LogP contribution in [0, 0.1) is 18.3 Å². The van der Waals surface area contributed by atoms with Crippen molar-refractivity contribution >= 4 is 17.3 Å². The smallest absolute Gasteiger partial charge is 0.151 e. The van der Waals surface area contributed by atoms with Crippen LogP contribution in [0.4, 0.5) is 0 Å². The molecule has 0 amide bonds. The molecule has 4 heteroatoms. The molecule has 0 fully saturated rings. The van der Waals surface area contributed by atoms with Gasteiger partial charge in [-0.2, -0.15) is 5.26 Å². The van der Waals surface area contributed by atoms with Crippen molar-refractivity contribution in [2.75, 3.05) is 0 Å². The molecule has 0 aliphatic carbocycles. The molecule has 96 valence electrons. The molecule has 3 rings (SSSR count). The van der Waals surface area contributed by atoms with E-state index in [1.54, 1.807) is 18.3 Å². The van der Waals surface area contributed by atoms with E-state index >= 15 is 0 Å². The van der Waals surface area contributed by atoms with Gasteiger partial charge >= 0.3 is 0 Å². The number of pyridine rings is 1. The predicted octanol–water partition coefficient (Wildman–Crippen LogP) is 3.02. The van der Waals surface area contributed by atoms with Crippen LogP contribution in [0.3, 0.4) is 0 Å². The fourth-order valence-electron chi connectivity index (χ4n) is 2.31. The Bertz CT molecular complexity index is 839. The molecule has 3 aromatic rings. The Morgan fingerprint density at radius 2 is 2.00 bits per heavy atom. The molecule has 2 heterocycles. The Hall–Kier alpha value is -2.93. The topological polar surface area (TPSA) is 58.7 Å². The lowest BCUT2D eigenvalue weighted by Gasteiger charge is -2.08. The highest BCUT2D eigenvalue weighted by Crippen LogP contribution is 2.23. The average Bonchev–Trinajstić information content (AvgIpc) is 2.82. The maximum Gasteiger partial charge on any atom is 0.151 e. The Balaban J connectivity index is 2.25. The van der Waals surface area contributed by atoms with Gasteiger partial charge in [0.2, 0.25) is 0 Å². The zero-order chi connectivity index (χ0) is 14.1. The van der Waals surface area contributed by atoms with Crippen LogP contribution in [0.25, 0.3) is 16.7 Å². The van der Waals surface area contributed by atoms with E-state index in [0.717, 1.165) is 28.7 Å². The van der Waals surface area contributed by atoms with Gasteiger partial charge < -0.3 is 4.57 Å². The van der Waals surface area contributed by atoms with Crippen LogP contribution in [-0.4, -0.2) is 15.8 Å². The summed E-state index contributed by atoms with van der Waals surface area (Å²) in [7, 11) is 0. The molecule has 0 N–H and O–H groups in total. The number of fused-ring (bicyclic) bond motifs is 1. The number of aromatic nitrogens is 2. The third-order valence-electron chi connectivity index (χ3n) is 3.25. The fourth-order valence-corrected chi connectivity index (χ4v) is 2.31. The van der Waals surface area contributed by atoms with Crippen molar-refractivity contribution in [3.05, 3.63) is 59.4 Å². The minimum atomic E-state index is 0.547. The van der Waals surface area contributed by atoms with E-state index in [9.17, 15) is 4.79 Å². The summed E-state index contributed by atoms with van der Waals surface area (Å²) in [6.07, 6.45) is 2.36. The number of nitriles is 1. The number of hydrogen-bond acceptors (Lipinski definition) is 3. The van der Waals surface area contributed by atoms with Crippen LogP contribution in [-0.2, 0) is 0 Å². The van der Waals surface area contributed by atoms with Gasteiger partial charge in [0.05, 0.1) is 22.7 Å². The van der Waals surface area contributed by atoms with Crippen molar-refractivity contribution < 1.29 is 4.79 Å². The minimum absolute atomic E-state index is 0.547. The van der Waals surface area contributed by atoms with Crippen molar-refractivity contribution in [1.82, 2.24) is 9.55 Å². The largest absolute Gasteiger partial charge is 0.312 e. The molecule has 0 bridgehead atoms. The second kappa shape index (κ2) is 4.63. The van der Waals surface area contributed by atoms with Gasteiger partial charge in [0, 0.05) is 23.1 Å². The lowest BCUT2D eigenvalue weighted by molar-refractivity contribution is 0.112. The quantitative estimate of drug-likeness (QED) is 0.666. The van der Waals surface area contributed by atoms with Gasteiger partial charge in [-0.3, -0.25) is 9.78 Å². The number of carbonyl (C=O) groups excluding carboxylic acids is 1. The average molecular weight is 261 g/mol. The SMILES string of the molecule is Cc1cc2ncc(C=O)cc2n1-c1ccc(C#N)cc1. The summed E-state index contributed by atoms with van der Waals surface area (Å²) >= 11 is 0. The third kappa shape index (κ3) is 1.86. The van der Waals surface area contributed by atoms with Gasteiger partial charge in [-0.15, -0.1) is 0 Å². The molecule has 0 unspecified atom stereocenters. The van der Waals surface area contributed by atoms with E-state index in [4.69, 9.17) is 5.26 Å². The van der Waals surface area contributed by atoms with E-state index < -0.39 is 0 Å². The van der Waals surface area contributed by atoms with E-state index in [1.807, 2.05) is 35.8 Å². The van der Waals surface area contributed by atoms with Crippen molar-refractivity contribution in [2.24, 2.45) is 0 Å². The Morgan fingerprint density at radius 3 is 2.65 bits per heavy atom. The standard InChI is InChI=1S/C16H11N3O/c1-11-6-15-16(7-13(10-20)9-18-15)19(11)14-4-2-12(8-17)3-5-14/h2-7,9-10H,1H3. The summed E-state index contributed by atoms with van der Waals surface area (Å²) < 4.78 is 2.02. The first kappa shape index (κ1) is 12.1. The number of rotatable bonds is 2. The summed E-state index contributed by atoms with van der Waals surface area (Å²) in [5.74, 6) is 0. The molecule has 0 spiro atoms. The summed E-state index contributed by atoms with van der Waals surface area (Å²) in [6, 6.07) is 13.2. The molecule has 0 aliphatic rings. The Kier molecular flexibility index (Phi) is 2.81. The summed E-state index contributed by atoms with van der Waals surface area (Å²) in [4.78, 5) is 15.2. The normalized spacial score (nSPS) is 10.4. The molecule has 0 saturated carbocycles. The number of benzene rings is 1. The maximum absolute atomic E-state index is 10.9. The third-order valence-corrected chi connectivity index (χ3v) is 3.25. The van der Waals surface area contributed by atoms with E-state index in [-0.39, 0.29) is 0 Å². The van der Waals surface area contributed by atoms with Gasteiger partial charge in [-0.25, -0.2) is 0 Å². The van der Waals surface area contributed by atoms with Crippen LogP contribution in [0.15, 0.2) is 42.6 Å². The number of aryl methyl sites for hydroxylation is 1. The first-order valence-corrected chi connectivity index (χ1v) is 6.17. The zero-order valence-corrected chi connectivity index (χ0v) is 10.9. The monoisotopic (exact) mass is 261 g/mol. The van der Waals surface area contributed by atoms with Gasteiger partial charge in [-0.1, -0.05) is 0 Å². The van der Waals surface area contributed by atoms with Crippen LogP contribution < -0.4 is 0 Å². The first-order chi connectivity index (χ1) is 9.72. The highest BCUT2D eigenvalue weighted by Gasteiger charge is 2.09. The van der Waals surface area contributed by atoms with Crippen molar-refractivity contribution in [1.29, 1.82) is 5.26 Å². The second-order valence-corrected chi connectivity index (χ2v) is 4.57. The molecule has 0 radical (unpaired) electrons. The number of carbonyl (C=O) groups is 1.